The third-order valence-corrected chi connectivity index (χ3v) is 3.59. The number of nitrogens with two attached hydrogens (primary N) is 1. The van der Waals surface area contributed by atoms with E-state index in [1.165, 1.54) is 5.56 Å². The van der Waals surface area contributed by atoms with Gasteiger partial charge in [-0.2, -0.15) is 0 Å². The summed E-state index contributed by atoms with van der Waals surface area (Å²) >= 11 is 3.43. The van der Waals surface area contributed by atoms with Crippen LogP contribution in [-0.4, -0.2) is 29.9 Å². The first kappa shape index (κ1) is 12.6. The zero-order valence-electron chi connectivity index (χ0n) is 9.73. The molecule has 1 aromatic rings. The average Bonchev–Trinajstić information content (AvgIpc) is 2.73. The molecular formula is C13H17BrN2O. The van der Waals surface area contributed by atoms with Gasteiger partial charge in [-0.3, -0.25) is 4.79 Å². The molecular weight excluding hydrogens is 280 g/mol. The van der Waals surface area contributed by atoms with Gasteiger partial charge in [0, 0.05) is 30.0 Å². The molecule has 2 rings (SSSR count). The molecule has 3 nitrogen and oxygen atoms in total. The van der Waals surface area contributed by atoms with E-state index in [4.69, 9.17) is 5.73 Å². The van der Waals surface area contributed by atoms with Gasteiger partial charge in [0.2, 0.25) is 5.91 Å². The molecule has 1 aliphatic heterocycles. The second kappa shape index (κ2) is 5.65. The molecule has 0 radical (unpaired) electrons. The van der Waals surface area contributed by atoms with Crippen molar-refractivity contribution in [2.45, 2.75) is 25.3 Å². The molecule has 2 N–H and O–H groups in total. The predicted molar refractivity (Wildman–Crippen MR) is 71.6 cm³/mol. The van der Waals surface area contributed by atoms with Crippen LogP contribution in [0.5, 0.6) is 0 Å². The second-order valence-electron chi connectivity index (χ2n) is 4.52. The van der Waals surface area contributed by atoms with Crippen molar-refractivity contribution in [1.82, 2.24) is 4.90 Å². The van der Waals surface area contributed by atoms with Crippen LogP contribution in [0, 0.1) is 0 Å². The fourth-order valence-corrected chi connectivity index (χ4v) is 2.56. The Hall–Kier alpha value is -0.870. The van der Waals surface area contributed by atoms with Crippen molar-refractivity contribution in [3.8, 4) is 0 Å². The number of hydrogen-bond acceptors (Lipinski definition) is 2. The van der Waals surface area contributed by atoms with Gasteiger partial charge in [-0.25, -0.2) is 0 Å². The Labute approximate surface area is 110 Å². The number of benzene rings is 1. The summed E-state index contributed by atoms with van der Waals surface area (Å²) in [4.78, 5) is 13.8. The number of amides is 1. The van der Waals surface area contributed by atoms with Gasteiger partial charge in [0.15, 0.2) is 0 Å². The minimum atomic E-state index is 0.171. The Balaban J connectivity index is 1.84. The maximum Gasteiger partial charge on any atom is 0.222 e. The molecule has 0 spiro atoms. The summed E-state index contributed by atoms with van der Waals surface area (Å²) in [6.45, 7) is 1.54. The van der Waals surface area contributed by atoms with E-state index in [9.17, 15) is 4.79 Å². The van der Waals surface area contributed by atoms with Crippen molar-refractivity contribution in [3.05, 3.63) is 34.3 Å². The molecule has 0 aliphatic carbocycles. The standard InChI is InChI=1S/C13H17BrN2O/c14-11-3-1-2-10(8-11)4-5-13(17)16-7-6-12(15)9-16/h1-3,8,12H,4-7,9,15H2/t12-/m1/s1. The summed E-state index contributed by atoms with van der Waals surface area (Å²) in [5.74, 6) is 0.220. The highest BCUT2D eigenvalue weighted by Crippen LogP contribution is 2.14. The lowest BCUT2D eigenvalue weighted by molar-refractivity contribution is -0.130. The molecule has 0 unspecified atom stereocenters. The largest absolute Gasteiger partial charge is 0.341 e. The monoisotopic (exact) mass is 296 g/mol. The average molecular weight is 297 g/mol. The molecule has 1 amide bonds. The summed E-state index contributed by atoms with van der Waals surface area (Å²) in [5, 5.41) is 0. The van der Waals surface area contributed by atoms with E-state index >= 15 is 0 Å². The van der Waals surface area contributed by atoms with Crippen LogP contribution in [0.15, 0.2) is 28.7 Å². The maximum absolute atomic E-state index is 11.9. The van der Waals surface area contributed by atoms with Crippen LogP contribution in [-0.2, 0) is 11.2 Å². The topological polar surface area (TPSA) is 46.3 Å². The molecule has 1 atom stereocenters. The van der Waals surface area contributed by atoms with E-state index in [-0.39, 0.29) is 11.9 Å². The third kappa shape index (κ3) is 3.54. The SMILES string of the molecule is N[C@@H]1CCN(C(=O)CCc2cccc(Br)c2)C1. The number of halogens is 1. The molecule has 92 valence electrons. The molecule has 17 heavy (non-hydrogen) atoms. The zero-order valence-corrected chi connectivity index (χ0v) is 11.3. The van der Waals surface area contributed by atoms with E-state index in [0.29, 0.717) is 6.42 Å². The molecule has 1 heterocycles. The van der Waals surface area contributed by atoms with Gasteiger partial charge in [-0.15, -0.1) is 0 Å². The van der Waals surface area contributed by atoms with Crippen molar-refractivity contribution >= 4 is 21.8 Å². The van der Waals surface area contributed by atoms with Crippen LogP contribution < -0.4 is 5.73 Å². The fourth-order valence-electron chi connectivity index (χ4n) is 2.12. The smallest absolute Gasteiger partial charge is 0.222 e. The van der Waals surface area contributed by atoms with Crippen molar-refractivity contribution < 1.29 is 4.79 Å². The molecule has 1 aliphatic rings. The number of aryl methyl sites for hydroxylation is 1. The number of likely N-dealkylation sites (tertiary alicyclic amines) is 1. The lowest BCUT2D eigenvalue weighted by atomic mass is 10.1. The Bertz CT molecular complexity index is 408. The van der Waals surface area contributed by atoms with Crippen LogP contribution >= 0.6 is 15.9 Å². The van der Waals surface area contributed by atoms with Crippen molar-refractivity contribution in [3.63, 3.8) is 0 Å². The predicted octanol–water partition coefficient (Wildman–Crippen LogP) is 1.94. The van der Waals surface area contributed by atoms with Crippen LogP contribution in [0.2, 0.25) is 0 Å². The van der Waals surface area contributed by atoms with Gasteiger partial charge >= 0.3 is 0 Å². The molecule has 1 saturated heterocycles. The Morgan fingerprint density at radius 1 is 1.53 bits per heavy atom. The van der Waals surface area contributed by atoms with Crippen LogP contribution in [0.1, 0.15) is 18.4 Å². The van der Waals surface area contributed by atoms with Crippen LogP contribution in [0.3, 0.4) is 0 Å². The van der Waals surface area contributed by atoms with Gasteiger partial charge in [-0.1, -0.05) is 28.1 Å². The minimum absolute atomic E-state index is 0.171. The summed E-state index contributed by atoms with van der Waals surface area (Å²) in [6, 6.07) is 8.27. The maximum atomic E-state index is 11.9. The zero-order chi connectivity index (χ0) is 12.3. The lowest BCUT2D eigenvalue weighted by Gasteiger charge is -2.15. The highest BCUT2D eigenvalue weighted by molar-refractivity contribution is 9.10. The quantitative estimate of drug-likeness (QED) is 0.927. The number of nitrogens with zero attached hydrogens (tertiary/aromatic N) is 1. The number of carbonyl (C=O) groups is 1. The molecule has 0 bridgehead atoms. The highest BCUT2D eigenvalue weighted by Gasteiger charge is 2.22. The van der Waals surface area contributed by atoms with E-state index in [2.05, 4.69) is 22.0 Å². The summed E-state index contributed by atoms with van der Waals surface area (Å²) in [6.07, 6.45) is 2.30. The molecule has 0 aromatic heterocycles. The van der Waals surface area contributed by atoms with Crippen molar-refractivity contribution in [2.75, 3.05) is 13.1 Å². The van der Waals surface area contributed by atoms with Gasteiger partial charge in [0.05, 0.1) is 0 Å². The van der Waals surface area contributed by atoms with Gasteiger partial charge < -0.3 is 10.6 Å². The first-order chi connectivity index (χ1) is 8.15. The lowest BCUT2D eigenvalue weighted by Crippen LogP contribution is -2.31. The number of hydrogen-bond donors (Lipinski definition) is 1. The third-order valence-electron chi connectivity index (χ3n) is 3.09. The Morgan fingerprint density at radius 3 is 3.00 bits per heavy atom. The fraction of sp³-hybridized carbons (Fsp3) is 0.462. The molecule has 1 fully saturated rings. The highest BCUT2D eigenvalue weighted by atomic mass is 79.9. The van der Waals surface area contributed by atoms with Crippen LogP contribution in [0.4, 0.5) is 0 Å². The van der Waals surface area contributed by atoms with E-state index in [1.54, 1.807) is 0 Å². The van der Waals surface area contributed by atoms with Gasteiger partial charge in [0.1, 0.15) is 0 Å². The normalized spacial score (nSPS) is 19.6. The summed E-state index contributed by atoms with van der Waals surface area (Å²) < 4.78 is 1.06. The Morgan fingerprint density at radius 2 is 2.35 bits per heavy atom. The number of carbonyl (C=O) groups excluding carboxylic acids is 1. The Kier molecular flexibility index (Phi) is 4.18. The molecule has 4 heteroatoms. The van der Waals surface area contributed by atoms with Gasteiger partial charge in [0.25, 0.3) is 0 Å². The minimum Gasteiger partial charge on any atom is -0.341 e. The van der Waals surface area contributed by atoms with E-state index in [0.717, 1.165) is 30.4 Å². The van der Waals surface area contributed by atoms with Crippen molar-refractivity contribution in [2.24, 2.45) is 5.73 Å². The van der Waals surface area contributed by atoms with E-state index < -0.39 is 0 Å². The number of rotatable bonds is 3. The van der Waals surface area contributed by atoms with Crippen LogP contribution in [0.25, 0.3) is 0 Å². The van der Waals surface area contributed by atoms with Crippen molar-refractivity contribution in [1.29, 1.82) is 0 Å². The van der Waals surface area contributed by atoms with Gasteiger partial charge in [-0.05, 0) is 30.5 Å². The second-order valence-corrected chi connectivity index (χ2v) is 5.43. The summed E-state index contributed by atoms with van der Waals surface area (Å²) in [5.41, 5.74) is 6.98. The molecule has 1 aromatic carbocycles. The summed E-state index contributed by atoms with van der Waals surface area (Å²) in [7, 11) is 0. The first-order valence-corrected chi connectivity index (χ1v) is 6.72. The molecule has 0 saturated carbocycles. The first-order valence-electron chi connectivity index (χ1n) is 5.93. The van der Waals surface area contributed by atoms with E-state index in [1.807, 2.05) is 23.1 Å².